The highest BCUT2D eigenvalue weighted by Crippen LogP contribution is 2.38. The van der Waals surface area contributed by atoms with Crippen LogP contribution in [0.5, 0.6) is 17.2 Å². The van der Waals surface area contributed by atoms with Gasteiger partial charge in [-0.1, -0.05) is 13.8 Å². The van der Waals surface area contributed by atoms with Crippen LogP contribution in [0.15, 0.2) is 17.1 Å². The van der Waals surface area contributed by atoms with Crippen molar-refractivity contribution in [1.29, 1.82) is 0 Å². The summed E-state index contributed by atoms with van der Waals surface area (Å²) in [5.74, 6) is 4.68. The smallest absolute Gasteiger partial charge is 0.203 e. The van der Waals surface area contributed by atoms with Crippen LogP contribution in [0.2, 0.25) is 0 Å². The first-order chi connectivity index (χ1) is 13.0. The number of thioether (sulfide) groups is 1. The molecule has 1 aliphatic heterocycles. The maximum atomic E-state index is 5.45. The average molecular weight is 523 g/mol. The van der Waals surface area contributed by atoms with Crippen molar-refractivity contribution in [2.24, 2.45) is 10.9 Å². The largest absolute Gasteiger partial charge is 0.493 e. The van der Waals surface area contributed by atoms with E-state index in [-0.39, 0.29) is 24.0 Å². The Morgan fingerprint density at radius 2 is 1.86 bits per heavy atom. The van der Waals surface area contributed by atoms with E-state index in [0.717, 1.165) is 36.9 Å². The molecule has 1 saturated heterocycles. The average Bonchev–Trinajstić information content (AvgIpc) is 2.70. The topological polar surface area (TPSA) is 55.3 Å². The van der Waals surface area contributed by atoms with Crippen LogP contribution in [0.25, 0.3) is 0 Å². The summed E-state index contributed by atoms with van der Waals surface area (Å²) in [7, 11) is 4.87. The molecule has 1 N–H and O–H groups in total. The Kier molecular flexibility index (Phi) is 11.2. The molecule has 1 fully saturated rings. The molecular formula is C20H34IN3O3S. The highest BCUT2D eigenvalue weighted by molar-refractivity contribution is 14.0. The summed E-state index contributed by atoms with van der Waals surface area (Å²) in [6.45, 7) is 10.1. The zero-order valence-electron chi connectivity index (χ0n) is 17.8. The first-order valence-corrected chi connectivity index (χ1v) is 10.5. The normalized spacial score (nSPS) is 17.2. The fourth-order valence-electron chi connectivity index (χ4n) is 3.09. The van der Waals surface area contributed by atoms with Crippen LogP contribution in [0.1, 0.15) is 26.3 Å². The summed E-state index contributed by atoms with van der Waals surface area (Å²) in [6.07, 6.45) is 0. The van der Waals surface area contributed by atoms with Gasteiger partial charge in [-0.05, 0) is 30.5 Å². The second-order valence-corrected chi connectivity index (χ2v) is 8.15. The Bertz CT molecular complexity index is 618. The van der Waals surface area contributed by atoms with Crippen LogP contribution in [-0.2, 0) is 6.54 Å². The number of ether oxygens (including phenoxy) is 3. The Morgan fingerprint density at radius 1 is 1.21 bits per heavy atom. The van der Waals surface area contributed by atoms with Crippen LogP contribution in [-0.4, -0.2) is 62.8 Å². The first kappa shape index (κ1) is 25.0. The minimum Gasteiger partial charge on any atom is -0.493 e. The van der Waals surface area contributed by atoms with Crippen LogP contribution >= 0.6 is 35.7 Å². The Morgan fingerprint density at radius 3 is 2.36 bits per heavy atom. The molecular weight excluding hydrogens is 489 g/mol. The van der Waals surface area contributed by atoms with Crippen LogP contribution in [0, 0.1) is 5.92 Å². The highest BCUT2D eigenvalue weighted by Gasteiger charge is 2.25. The van der Waals surface area contributed by atoms with Gasteiger partial charge in [0, 0.05) is 30.6 Å². The van der Waals surface area contributed by atoms with Crippen molar-refractivity contribution in [1.82, 2.24) is 10.2 Å². The fourth-order valence-corrected chi connectivity index (χ4v) is 4.39. The van der Waals surface area contributed by atoms with E-state index in [9.17, 15) is 0 Å². The van der Waals surface area contributed by atoms with Crippen LogP contribution in [0.3, 0.4) is 0 Å². The third-order valence-electron chi connectivity index (χ3n) is 4.61. The van der Waals surface area contributed by atoms with Crippen molar-refractivity contribution in [2.75, 3.05) is 46.7 Å². The molecule has 28 heavy (non-hydrogen) atoms. The lowest BCUT2D eigenvalue weighted by Crippen LogP contribution is -2.49. The lowest BCUT2D eigenvalue weighted by molar-refractivity contribution is 0.324. The second-order valence-electron chi connectivity index (χ2n) is 6.80. The summed E-state index contributed by atoms with van der Waals surface area (Å²) < 4.78 is 16.3. The molecule has 1 aromatic rings. The van der Waals surface area contributed by atoms with E-state index in [0.29, 0.717) is 35.0 Å². The summed E-state index contributed by atoms with van der Waals surface area (Å²) in [5, 5.41) is 4.08. The van der Waals surface area contributed by atoms with Crippen molar-refractivity contribution in [3.63, 3.8) is 0 Å². The van der Waals surface area contributed by atoms with E-state index in [2.05, 4.69) is 42.7 Å². The molecule has 0 bridgehead atoms. The second kappa shape index (κ2) is 12.5. The number of guanidine groups is 1. The molecule has 0 saturated carbocycles. The number of hydrogen-bond acceptors (Lipinski definition) is 5. The number of hydrogen-bond donors (Lipinski definition) is 1. The molecule has 0 radical (unpaired) electrons. The summed E-state index contributed by atoms with van der Waals surface area (Å²) in [4.78, 5) is 7.26. The lowest BCUT2D eigenvalue weighted by atomic mass is 10.1. The Hall–Kier alpha value is -1.03. The quantitative estimate of drug-likeness (QED) is 0.333. The van der Waals surface area contributed by atoms with Crippen LogP contribution in [0.4, 0.5) is 0 Å². The minimum atomic E-state index is 0. The van der Waals surface area contributed by atoms with E-state index in [1.807, 2.05) is 12.1 Å². The maximum absolute atomic E-state index is 5.45. The number of aliphatic imine (C=N–C) groups is 1. The molecule has 1 heterocycles. The SMILES string of the molecule is CCNC(=NCc1cc(OC)c(OC)c(OC)c1)N1CCSC(C(C)C)C1.I. The molecule has 1 aromatic carbocycles. The molecule has 0 aliphatic carbocycles. The van der Waals surface area contributed by atoms with Crippen molar-refractivity contribution in [3.05, 3.63) is 17.7 Å². The van der Waals surface area contributed by atoms with Gasteiger partial charge in [-0.15, -0.1) is 24.0 Å². The summed E-state index contributed by atoms with van der Waals surface area (Å²) in [5.41, 5.74) is 1.02. The van der Waals surface area contributed by atoms with Gasteiger partial charge in [-0.3, -0.25) is 0 Å². The van der Waals surface area contributed by atoms with Crippen molar-refractivity contribution >= 4 is 41.7 Å². The van der Waals surface area contributed by atoms with Gasteiger partial charge in [0.2, 0.25) is 5.75 Å². The molecule has 6 nitrogen and oxygen atoms in total. The first-order valence-electron chi connectivity index (χ1n) is 9.47. The monoisotopic (exact) mass is 523 g/mol. The van der Waals surface area contributed by atoms with E-state index in [1.54, 1.807) is 21.3 Å². The number of halogens is 1. The van der Waals surface area contributed by atoms with Gasteiger partial charge in [-0.2, -0.15) is 11.8 Å². The molecule has 160 valence electrons. The number of rotatable bonds is 7. The van der Waals surface area contributed by atoms with E-state index < -0.39 is 0 Å². The lowest BCUT2D eigenvalue weighted by Gasteiger charge is -2.36. The number of nitrogens with zero attached hydrogens (tertiary/aromatic N) is 2. The molecule has 1 atom stereocenters. The Balaban J connectivity index is 0.00000392. The number of benzene rings is 1. The van der Waals surface area contributed by atoms with Crippen molar-refractivity contribution < 1.29 is 14.2 Å². The highest BCUT2D eigenvalue weighted by atomic mass is 127. The number of methoxy groups -OCH3 is 3. The molecule has 2 rings (SSSR count). The predicted molar refractivity (Wildman–Crippen MR) is 129 cm³/mol. The Labute approximate surface area is 190 Å². The van der Waals surface area contributed by atoms with Gasteiger partial charge in [0.1, 0.15) is 0 Å². The van der Waals surface area contributed by atoms with Gasteiger partial charge in [0.15, 0.2) is 17.5 Å². The maximum Gasteiger partial charge on any atom is 0.203 e. The van der Waals surface area contributed by atoms with Gasteiger partial charge in [-0.25, -0.2) is 4.99 Å². The molecule has 0 spiro atoms. The molecule has 0 aromatic heterocycles. The number of nitrogens with one attached hydrogen (secondary N) is 1. The predicted octanol–water partition coefficient (Wildman–Crippen LogP) is 3.87. The molecule has 0 amide bonds. The van der Waals surface area contributed by atoms with E-state index in [4.69, 9.17) is 19.2 Å². The van der Waals surface area contributed by atoms with Gasteiger partial charge >= 0.3 is 0 Å². The fraction of sp³-hybridized carbons (Fsp3) is 0.650. The third-order valence-corrected chi connectivity index (χ3v) is 6.15. The van der Waals surface area contributed by atoms with Crippen molar-refractivity contribution in [2.45, 2.75) is 32.6 Å². The van der Waals surface area contributed by atoms with Gasteiger partial charge in [0.05, 0.1) is 27.9 Å². The molecule has 1 aliphatic rings. The van der Waals surface area contributed by atoms with Crippen LogP contribution < -0.4 is 19.5 Å². The minimum absolute atomic E-state index is 0. The zero-order chi connectivity index (χ0) is 19.8. The summed E-state index contributed by atoms with van der Waals surface area (Å²) in [6, 6.07) is 3.91. The van der Waals surface area contributed by atoms with Gasteiger partial charge in [0.25, 0.3) is 0 Å². The van der Waals surface area contributed by atoms with Crippen molar-refractivity contribution in [3.8, 4) is 17.2 Å². The summed E-state index contributed by atoms with van der Waals surface area (Å²) >= 11 is 2.07. The standard InChI is InChI=1S/C20H33N3O3S.HI/c1-7-21-20(23-8-9-27-18(13-23)14(2)3)22-12-15-10-16(24-4)19(26-6)17(11-15)25-5;/h10-11,14,18H,7-9,12-13H2,1-6H3,(H,21,22);1H. The molecule has 1 unspecified atom stereocenters. The van der Waals surface area contributed by atoms with Gasteiger partial charge < -0.3 is 24.4 Å². The third kappa shape index (κ3) is 6.50. The van der Waals surface area contributed by atoms with E-state index in [1.165, 1.54) is 0 Å². The zero-order valence-corrected chi connectivity index (χ0v) is 20.9. The molecule has 8 heteroatoms. The van der Waals surface area contributed by atoms with E-state index >= 15 is 0 Å².